The van der Waals surface area contributed by atoms with Crippen molar-refractivity contribution in [3.05, 3.63) is 12.3 Å². The molecule has 3 heteroatoms. The van der Waals surface area contributed by atoms with Crippen molar-refractivity contribution < 1.29 is 4.74 Å². The number of ether oxygens (including phenoxy) is 1. The molecule has 1 aliphatic carbocycles. The number of hydrogen-bond donors (Lipinski definition) is 1. The lowest BCUT2D eigenvalue weighted by Gasteiger charge is -2.37. The molecular formula is C9H14N2O. The summed E-state index contributed by atoms with van der Waals surface area (Å²) in [6, 6.07) is 1.85. The lowest BCUT2D eigenvalue weighted by atomic mass is 9.71. The highest BCUT2D eigenvalue weighted by Gasteiger charge is 2.32. The average molecular weight is 166 g/mol. The average Bonchev–Trinajstić information content (AvgIpc) is 2.49. The van der Waals surface area contributed by atoms with E-state index in [4.69, 9.17) is 4.74 Å². The Balaban J connectivity index is 1.82. The highest BCUT2D eigenvalue weighted by atomic mass is 16.5. The second kappa shape index (κ2) is 2.81. The predicted octanol–water partition coefficient (Wildman–Crippen LogP) is 1.98. The topological polar surface area (TPSA) is 37.9 Å². The molecule has 1 aromatic heterocycles. The van der Waals surface area contributed by atoms with Crippen LogP contribution in [0.25, 0.3) is 0 Å². The lowest BCUT2D eigenvalue weighted by Crippen LogP contribution is -2.32. The number of nitrogens with one attached hydrogen (secondary N) is 1. The minimum absolute atomic E-state index is 0.422. The molecule has 0 radical (unpaired) electrons. The molecule has 12 heavy (non-hydrogen) atoms. The van der Waals surface area contributed by atoms with E-state index in [1.807, 2.05) is 6.07 Å². The molecule has 2 rings (SSSR count). The van der Waals surface area contributed by atoms with Crippen LogP contribution in [-0.2, 0) is 0 Å². The van der Waals surface area contributed by atoms with Gasteiger partial charge < -0.3 is 4.74 Å². The van der Waals surface area contributed by atoms with E-state index >= 15 is 0 Å². The Hall–Kier alpha value is -0.990. The predicted molar refractivity (Wildman–Crippen MR) is 46.0 cm³/mol. The van der Waals surface area contributed by atoms with Gasteiger partial charge >= 0.3 is 0 Å². The van der Waals surface area contributed by atoms with Crippen molar-refractivity contribution in [2.75, 3.05) is 6.61 Å². The fourth-order valence-electron chi connectivity index (χ4n) is 1.50. The molecule has 0 atom stereocenters. The molecule has 0 saturated heterocycles. The maximum atomic E-state index is 5.53. The van der Waals surface area contributed by atoms with Crippen LogP contribution in [-0.4, -0.2) is 16.8 Å². The number of aromatic amines is 1. The van der Waals surface area contributed by atoms with Gasteiger partial charge in [-0.15, -0.1) is 0 Å². The summed E-state index contributed by atoms with van der Waals surface area (Å²) in [5, 5.41) is 6.60. The first-order chi connectivity index (χ1) is 5.79. The molecular weight excluding hydrogens is 152 g/mol. The first-order valence-electron chi connectivity index (χ1n) is 4.41. The smallest absolute Gasteiger partial charge is 0.209 e. The minimum atomic E-state index is 0.422. The van der Waals surface area contributed by atoms with Gasteiger partial charge in [0.1, 0.15) is 0 Å². The van der Waals surface area contributed by atoms with Crippen LogP contribution in [0.4, 0.5) is 0 Å². The summed E-state index contributed by atoms with van der Waals surface area (Å²) in [5.41, 5.74) is 0.422. The second-order valence-electron chi connectivity index (χ2n) is 3.87. The molecule has 3 nitrogen and oxygen atoms in total. The third-order valence-electron chi connectivity index (χ3n) is 2.61. The number of nitrogens with zero attached hydrogens (tertiary/aromatic N) is 1. The molecule has 0 bridgehead atoms. The standard InChI is InChI=1S/C9H14N2O/c1-9(4-2-5-9)7-12-8-3-6-10-11-8/h3,6H,2,4-5,7H2,1H3,(H,10,11). The van der Waals surface area contributed by atoms with Gasteiger partial charge in [0.2, 0.25) is 5.88 Å². The summed E-state index contributed by atoms with van der Waals surface area (Å²) in [6.45, 7) is 3.09. The van der Waals surface area contributed by atoms with E-state index in [-0.39, 0.29) is 0 Å². The van der Waals surface area contributed by atoms with Crippen LogP contribution in [0.15, 0.2) is 12.3 Å². The van der Waals surface area contributed by atoms with Gasteiger partial charge in [0, 0.05) is 11.5 Å². The van der Waals surface area contributed by atoms with E-state index in [1.54, 1.807) is 6.20 Å². The maximum absolute atomic E-state index is 5.53. The summed E-state index contributed by atoms with van der Waals surface area (Å²) >= 11 is 0. The highest BCUT2D eigenvalue weighted by molar-refractivity contribution is 5.04. The van der Waals surface area contributed by atoms with E-state index in [1.165, 1.54) is 19.3 Å². The van der Waals surface area contributed by atoms with Crippen LogP contribution < -0.4 is 4.74 Å². The van der Waals surface area contributed by atoms with E-state index in [0.717, 1.165) is 12.5 Å². The van der Waals surface area contributed by atoms with Crippen LogP contribution in [0.2, 0.25) is 0 Å². The zero-order chi connectivity index (χ0) is 8.44. The van der Waals surface area contributed by atoms with E-state index < -0.39 is 0 Å². The number of H-pyrrole nitrogens is 1. The first-order valence-corrected chi connectivity index (χ1v) is 4.41. The Morgan fingerprint density at radius 2 is 2.50 bits per heavy atom. The van der Waals surface area contributed by atoms with Gasteiger partial charge in [0.05, 0.1) is 12.8 Å². The van der Waals surface area contributed by atoms with Gasteiger partial charge in [-0.3, -0.25) is 0 Å². The zero-order valence-electron chi connectivity index (χ0n) is 7.34. The molecule has 0 unspecified atom stereocenters. The van der Waals surface area contributed by atoms with Gasteiger partial charge in [-0.2, -0.15) is 5.10 Å². The third kappa shape index (κ3) is 1.44. The van der Waals surface area contributed by atoms with Gasteiger partial charge in [-0.1, -0.05) is 13.3 Å². The number of hydrogen-bond acceptors (Lipinski definition) is 2. The zero-order valence-corrected chi connectivity index (χ0v) is 7.34. The summed E-state index contributed by atoms with van der Waals surface area (Å²) < 4.78 is 5.53. The molecule has 66 valence electrons. The number of rotatable bonds is 3. The number of aromatic nitrogens is 2. The molecule has 0 amide bonds. The first kappa shape index (κ1) is 7.65. The van der Waals surface area contributed by atoms with Crippen LogP contribution in [0, 0.1) is 5.41 Å². The highest BCUT2D eigenvalue weighted by Crippen LogP contribution is 2.40. The van der Waals surface area contributed by atoms with Crippen LogP contribution >= 0.6 is 0 Å². The van der Waals surface area contributed by atoms with Crippen molar-refractivity contribution in [3.8, 4) is 5.88 Å². The summed E-state index contributed by atoms with van der Waals surface area (Å²) in [5.74, 6) is 0.781. The van der Waals surface area contributed by atoms with Crippen molar-refractivity contribution in [2.45, 2.75) is 26.2 Å². The fourth-order valence-corrected chi connectivity index (χ4v) is 1.50. The van der Waals surface area contributed by atoms with Crippen molar-refractivity contribution in [1.29, 1.82) is 0 Å². The van der Waals surface area contributed by atoms with Crippen molar-refractivity contribution >= 4 is 0 Å². The van der Waals surface area contributed by atoms with Gasteiger partial charge in [-0.25, -0.2) is 5.10 Å². The van der Waals surface area contributed by atoms with Crippen LogP contribution in [0.5, 0.6) is 5.88 Å². The summed E-state index contributed by atoms with van der Waals surface area (Å²) in [4.78, 5) is 0. The molecule has 1 saturated carbocycles. The molecule has 0 spiro atoms. The lowest BCUT2D eigenvalue weighted by molar-refractivity contribution is 0.0749. The van der Waals surface area contributed by atoms with E-state index in [2.05, 4.69) is 17.1 Å². The van der Waals surface area contributed by atoms with E-state index in [9.17, 15) is 0 Å². The largest absolute Gasteiger partial charge is 0.477 e. The van der Waals surface area contributed by atoms with Crippen molar-refractivity contribution in [1.82, 2.24) is 10.2 Å². The summed E-state index contributed by atoms with van der Waals surface area (Å²) in [6.07, 6.45) is 5.64. The molecule has 1 fully saturated rings. The molecule has 1 aliphatic rings. The molecule has 0 aliphatic heterocycles. The Labute approximate surface area is 72.1 Å². The normalized spacial score (nSPS) is 20.1. The quantitative estimate of drug-likeness (QED) is 0.745. The van der Waals surface area contributed by atoms with E-state index in [0.29, 0.717) is 5.41 Å². The Kier molecular flexibility index (Phi) is 1.79. The Morgan fingerprint density at radius 1 is 1.67 bits per heavy atom. The molecule has 1 N–H and O–H groups in total. The fraction of sp³-hybridized carbons (Fsp3) is 0.667. The van der Waals surface area contributed by atoms with Crippen LogP contribution in [0.1, 0.15) is 26.2 Å². The SMILES string of the molecule is CC1(COc2ccn[nH]2)CCC1. The third-order valence-corrected chi connectivity index (χ3v) is 2.61. The maximum Gasteiger partial charge on any atom is 0.209 e. The van der Waals surface area contributed by atoms with Gasteiger partial charge in [0.15, 0.2) is 0 Å². The van der Waals surface area contributed by atoms with Gasteiger partial charge in [0.25, 0.3) is 0 Å². The summed E-state index contributed by atoms with van der Waals surface area (Å²) in [7, 11) is 0. The van der Waals surface area contributed by atoms with Crippen LogP contribution in [0.3, 0.4) is 0 Å². The van der Waals surface area contributed by atoms with Crippen molar-refractivity contribution in [2.24, 2.45) is 5.41 Å². The minimum Gasteiger partial charge on any atom is -0.477 e. The molecule has 1 aromatic rings. The van der Waals surface area contributed by atoms with Gasteiger partial charge in [-0.05, 0) is 12.8 Å². The molecule has 0 aromatic carbocycles. The molecule has 1 heterocycles. The van der Waals surface area contributed by atoms with Crippen molar-refractivity contribution in [3.63, 3.8) is 0 Å². The second-order valence-corrected chi connectivity index (χ2v) is 3.87. The monoisotopic (exact) mass is 166 g/mol. The Bertz CT molecular complexity index is 239. The Morgan fingerprint density at radius 3 is 3.00 bits per heavy atom.